The number of nitrogens with zero attached hydrogens (tertiary/aromatic N) is 1. The number of rotatable bonds is 7. The van der Waals surface area contributed by atoms with Crippen LogP contribution in [0.4, 0.5) is 5.69 Å². The highest BCUT2D eigenvalue weighted by molar-refractivity contribution is 8.26. The molecule has 2 amide bonds. The minimum absolute atomic E-state index is 0.191. The number of benzene rings is 2. The van der Waals surface area contributed by atoms with Crippen LogP contribution in [0.25, 0.3) is 6.08 Å². The molecule has 0 aliphatic carbocycles. The van der Waals surface area contributed by atoms with Gasteiger partial charge in [-0.1, -0.05) is 60.4 Å². The topological polar surface area (TPSA) is 75.7 Å². The van der Waals surface area contributed by atoms with Gasteiger partial charge in [0, 0.05) is 5.69 Å². The summed E-state index contributed by atoms with van der Waals surface area (Å²) in [6, 6.07) is 16.1. The van der Waals surface area contributed by atoms with Crippen LogP contribution < -0.4 is 5.32 Å². The number of carbonyl (C=O) groups excluding carboxylic acids is 3. The standard InChI is InChI=1S/C24H22N2O4S2/c1-3-30-23(29)18-9-11-19(12-10-18)25-21(27)15-26-22(28)20(32-24(26)31)14-16(2)13-17-7-5-4-6-8-17/h4-14H,3,15H2,1-2H3,(H,25,27). The molecular formula is C24H22N2O4S2. The van der Waals surface area contributed by atoms with E-state index in [0.717, 1.165) is 11.1 Å². The Morgan fingerprint density at radius 3 is 2.47 bits per heavy atom. The first kappa shape index (κ1) is 23.4. The molecule has 0 atom stereocenters. The van der Waals surface area contributed by atoms with E-state index < -0.39 is 5.97 Å². The lowest BCUT2D eigenvalue weighted by atomic mass is 10.1. The van der Waals surface area contributed by atoms with Gasteiger partial charge in [0.2, 0.25) is 5.91 Å². The molecule has 3 rings (SSSR count). The lowest BCUT2D eigenvalue weighted by Gasteiger charge is -2.14. The van der Waals surface area contributed by atoms with Gasteiger partial charge in [-0.25, -0.2) is 4.79 Å². The van der Waals surface area contributed by atoms with Crippen molar-refractivity contribution < 1.29 is 19.1 Å². The summed E-state index contributed by atoms with van der Waals surface area (Å²) in [5.41, 5.74) is 2.84. The molecule has 1 fully saturated rings. The SMILES string of the molecule is CCOC(=O)c1ccc(NC(=O)CN2C(=O)C(=CC(C)=Cc3ccccc3)SC2=S)cc1. The molecule has 0 unspecified atom stereocenters. The number of nitrogens with one attached hydrogen (secondary N) is 1. The molecule has 1 aliphatic rings. The first-order chi connectivity index (χ1) is 15.4. The van der Waals surface area contributed by atoms with Crippen LogP contribution in [0.1, 0.15) is 29.8 Å². The van der Waals surface area contributed by atoms with Crippen LogP contribution >= 0.6 is 24.0 Å². The van der Waals surface area contributed by atoms with Crippen LogP contribution in [0.3, 0.4) is 0 Å². The number of amides is 2. The molecule has 0 radical (unpaired) electrons. The smallest absolute Gasteiger partial charge is 0.338 e. The van der Waals surface area contributed by atoms with E-state index in [0.29, 0.717) is 20.5 Å². The molecule has 0 saturated carbocycles. The maximum Gasteiger partial charge on any atom is 0.338 e. The van der Waals surface area contributed by atoms with Gasteiger partial charge in [0.25, 0.3) is 5.91 Å². The van der Waals surface area contributed by atoms with E-state index in [-0.39, 0.29) is 25.0 Å². The largest absolute Gasteiger partial charge is 0.462 e. The zero-order valence-electron chi connectivity index (χ0n) is 17.7. The lowest BCUT2D eigenvalue weighted by Crippen LogP contribution is -2.36. The van der Waals surface area contributed by atoms with Crippen molar-refractivity contribution in [3.05, 3.63) is 82.3 Å². The van der Waals surface area contributed by atoms with Crippen molar-refractivity contribution >= 4 is 57.8 Å². The normalized spacial score (nSPS) is 15.2. The predicted octanol–water partition coefficient (Wildman–Crippen LogP) is 4.65. The van der Waals surface area contributed by atoms with Gasteiger partial charge in [0.15, 0.2) is 0 Å². The first-order valence-corrected chi connectivity index (χ1v) is 11.2. The van der Waals surface area contributed by atoms with Crippen LogP contribution in [0.2, 0.25) is 0 Å². The molecule has 6 nitrogen and oxygen atoms in total. The van der Waals surface area contributed by atoms with Crippen molar-refractivity contribution in [2.75, 3.05) is 18.5 Å². The van der Waals surface area contributed by atoms with E-state index in [1.165, 1.54) is 16.7 Å². The zero-order chi connectivity index (χ0) is 23.1. The number of hydrogen-bond donors (Lipinski definition) is 1. The van der Waals surface area contributed by atoms with Gasteiger partial charge in [-0.3, -0.25) is 14.5 Å². The quantitative estimate of drug-likeness (QED) is 0.364. The van der Waals surface area contributed by atoms with Gasteiger partial charge < -0.3 is 10.1 Å². The molecule has 0 spiro atoms. The lowest BCUT2D eigenvalue weighted by molar-refractivity contribution is -0.126. The Balaban J connectivity index is 1.62. The number of thiocarbonyl (C=S) groups is 1. The second kappa shape index (κ2) is 10.9. The highest BCUT2D eigenvalue weighted by Gasteiger charge is 2.33. The second-order valence-electron chi connectivity index (χ2n) is 6.91. The Kier molecular flexibility index (Phi) is 7.97. The molecule has 1 aliphatic heterocycles. The Morgan fingerprint density at radius 2 is 1.81 bits per heavy atom. The minimum Gasteiger partial charge on any atom is -0.462 e. The third-order valence-corrected chi connectivity index (χ3v) is 5.79. The molecule has 2 aromatic rings. The monoisotopic (exact) mass is 466 g/mol. The maximum atomic E-state index is 12.8. The van der Waals surface area contributed by atoms with Gasteiger partial charge in [0.1, 0.15) is 10.9 Å². The Hall–Kier alpha value is -3.23. The van der Waals surface area contributed by atoms with E-state index in [1.54, 1.807) is 37.3 Å². The molecule has 164 valence electrons. The zero-order valence-corrected chi connectivity index (χ0v) is 19.3. The van der Waals surface area contributed by atoms with Gasteiger partial charge in [-0.15, -0.1) is 0 Å². The van der Waals surface area contributed by atoms with Crippen molar-refractivity contribution in [2.24, 2.45) is 0 Å². The van der Waals surface area contributed by atoms with Gasteiger partial charge >= 0.3 is 5.97 Å². The summed E-state index contributed by atoms with van der Waals surface area (Å²) in [7, 11) is 0. The van der Waals surface area contributed by atoms with Crippen LogP contribution in [0.15, 0.2) is 71.2 Å². The van der Waals surface area contributed by atoms with Crippen molar-refractivity contribution in [3.63, 3.8) is 0 Å². The molecule has 32 heavy (non-hydrogen) atoms. The van der Waals surface area contributed by atoms with E-state index >= 15 is 0 Å². The van der Waals surface area contributed by atoms with Crippen molar-refractivity contribution in [3.8, 4) is 0 Å². The van der Waals surface area contributed by atoms with Crippen molar-refractivity contribution in [1.82, 2.24) is 4.90 Å². The highest BCUT2D eigenvalue weighted by Crippen LogP contribution is 2.32. The number of ether oxygens (including phenoxy) is 1. The number of carbonyl (C=O) groups is 3. The minimum atomic E-state index is -0.425. The summed E-state index contributed by atoms with van der Waals surface area (Å²) in [6.45, 7) is 3.74. The van der Waals surface area contributed by atoms with Crippen molar-refractivity contribution in [2.45, 2.75) is 13.8 Å². The maximum absolute atomic E-state index is 12.8. The highest BCUT2D eigenvalue weighted by atomic mass is 32.2. The number of esters is 1. The summed E-state index contributed by atoms with van der Waals surface area (Å²) in [6.07, 6.45) is 3.75. The summed E-state index contributed by atoms with van der Waals surface area (Å²) in [5.74, 6) is -1.11. The summed E-state index contributed by atoms with van der Waals surface area (Å²) >= 11 is 6.48. The third-order valence-electron chi connectivity index (χ3n) is 4.41. The molecule has 2 aromatic carbocycles. The van der Waals surface area contributed by atoms with Crippen LogP contribution in [0.5, 0.6) is 0 Å². The molecule has 1 saturated heterocycles. The third kappa shape index (κ3) is 6.15. The van der Waals surface area contributed by atoms with E-state index in [9.17, 15) is 14.4 Å². The van der Waals surface area contributed by atoms with Gasteiger partial charge in [0.05, 0.1) is 17.1 Å². The summed E-state index contributed by atoms with van der Waals surface area (Å²) < 4.78 is 5.27. The second-order valence-corrected chi connectivity index (χ2v) is 8.59. The Bertz CT molecular complexity index is 1090. The number of thioether (sulfide) groups is 1. The molecule has 0 bridgehead atoms. The van der Waals surface area contributed by atoms with Crippen LogP contribution in [-0.2, 0) is 14.3 Å². The summed E-state index contributed by atoms with van der Waals surface area (Å²) in [5, 5.41) is 2.71. The molecule has 0 aromatic heterocycles. The van der Waals surface area contributed by atoms with E-state index in [2.05, 4.69) is 5.32 Å². The molecule has 1 N–H and O–H groups in total. The van der Waals surface area contributed by atoms with E-state index in [1.807, 2.05) is 43.3 Å². The fourth-order valence-electron chi connectivity index (χ4n) is 2.95. The van der Waals surface area contributed by atoms with Crippen LogP contribution in [0, 0.1) is 0 Å². The van der Waals surface area contributed by atoms with Crippen LogP contribution in [-0.4, -0.2) is 40.2 Å². The Labute approximate surface area is 196 Å². The predicted molar refractivity (Wildman–Crippen MR) is 131 cm³/mol. The molecule has 8 heteroatoms. The van der Waals surface area contributed by atoms with Crippen molar-refractivity contribution in [1.29, 1.82) is 0 Å². The number of hydrogen-bond acceptors (Lipinski definition) is 6. The molecular weight excluding hydrogens is 444 g/mol. The average molecular weight is 467 g/mol. The van der Waals surface area contributed by atoms with E-state index in [4.69, 9.17) is 17.0 Å². The number of anilines is 1. The van der Waals surface area contributed by atoms with Gasteiger partial charge in [-0.05, 0) is 55.3 Å². The Morgan fingerprint density at radius 1 is 1.12 bits per heavy atom. The summed E-state index contributed by atoms with van der Waals surface area (Å²) in [4.78, 5) is 38.7. The fraction of sp³-hybridized carbons (Fsp3) is 0.167. The van der Waals surface area contributed by atoms with Gasteiger partial charge in [-0.2, -0.15) is 0 Å². The first-order valence-electron chi connectivity index (χ1n) is 9.93. The molecule has 1 heterocycles. The average Bonchev–Trinajstić information content (AvgIpc) is 3.02. The number of allylic oxidation sites excluding steroid dienone is 2. The fourth-order valence-corrected chi connectivity index (χ4v) is 4.25.